The van der Waals surface area contributed by atoms with Crippen LogP contribution in [0.5, 0.6) is 0 Å². The third-order valence-electron chi connectivity index (χ3n) is 3.80. The molecule has 3 heterocycles. The average Bonchev–Trinajstić information content (AvgIpc) is 3.15. The molecular weight excluding hydrogens is 286 g/mol. The zero-order valence-electron chi connectivity index (χ0n) is 12.0. The highest BCUT2D eigenvalue weighted by Crippen LogP contribution is 2.23. The number of rotatable bonds is 4. The number of anilines is 1. The molecule has 1 atom stereocenters. The van der Waals surface area contributed by atoms with Crippen molar-refractivity contribution in [2.75, 3.05) is 11.4 Å². The van der Waals surface area contributed by atoms with Crippen LogP contribution < -0.4 is 4.90 Å². The van der Waals surface area contributed by atoms with Crippen molar-refractivity contribution in [1.29, 1.82) is 0 Å². The number of nitrogens with zero attached hydrogens (tertiary/aromatic N) is 5. The Bertz CT molecular complexity index is 710. The van der Waals surface area contributed by atoms with Crippen molar-refractivity contribution in [3.05, 3.63) is 46.4 Å². The van der Waals surface area contributed by atoms with E-state index < -0.39 is 4.92 Å². The van der Waals surface area contributed by atoms with Gasteiger partial charge in [0.2, 0.25) is 5.91 Å². The molecule has 2 aromatic heterocycles. The minimum Gasteiger partial charge on any atom is -0.297 e. The van der Waals surface area contributed by atoms with Crippen LogP contribution in [-0.2, 0) is 4.79 Å². The Morgan fingerprint density at radius 1 is 1.36 bits per heavy atom. The fourth-order valence-corrected chi connectivity index (χ4v) is 2.48. The predicted octanol–water partition coefficient (Wildman–Crippen LogP) is 1.92. The lowest BCUT2D eigenvalue weighted by molar-refractivity contribution is -0.385. The van der Waals surface area contributed by atoms with Gasteiger partial charge in [-0.15, -0.1) is 0 Å². The first-order valence-corrected chi connectivity index (χ1v) is 7.01. The summed E-state index contributed by atoms with van der Waals surface area (Å²) in [5, 5.41) is 14.7. The topological polar surface area (TPSA) is 94.2 Å². The van der Waals surface area contributed by atoms with Crippen LogP contribution in [0.25, 0.3) is 0 Å². The number of nitro groups is 1. The van der Waals surface area contributed by atoms with Crippen molar-refractivity contribution < 1.29 is 9.72 Å². The summed E-state index contributed by atoms with van der Waals surface area (Å²) in [6.07, 6.45) is 5.72. The van der Waals surface area contributed by atoms with Gasteiger partial charge < -0.3 is 0 Å². The van der Waals surface area contributed by atoms with E-state index in [0.29, 0.717) is 18.8 Å². The molecule has 1 amide bonds. The van der Waals surface area contributed by atoms with Crippen LogP contribution in [0.1, 0.15) is 31.4 Å². The summed E-state index contributed by atoms with van der Waals surface area (Å²) in [4.78, 5) is 27.9. The maximum Gasteiger partial charge on any atom is 0.307 e. The van der Waals surface area contributed by atoms with Crippen molar-refractivity contribution in [3.63, 3.8) is 0 Å². The molecule has 0 aliphatic carbocycles. The first-order chi connectivity index (χ1) is 10.6. The minimum atomic E-state index is -0.476. The van der Waals surface area contributed by atoms with Crippen LogP contribution in [-0.4, -0.2) is 32.1 Å². The molecule has 1 aliphatic rings. The summed E-state index contributed by atoms with van der Waals surface area (Å²) in [6, 6.07) is 3.49. The van der Waals surface area contributed by atoms with E-state index in [1.165, 1.54) is 17.1 Å². The molecule has 1 saturated heterocycles. The monoisotopic (exact) mass is 301 g/mol. The quantitative estimate of drug-likeness (QED) is 0.635. The molecule has 0 spiro atoms. The largest absolute Gasteiger partial charge is 0.307 e. The molecule has 0 radical (unpaired) electrons. The number of hydrogen-bond acceptors (Lipinski definition) is 5. The van der Waals surface area contributed by atoms with Gasteiger partial charge in [-0.2, -0.15) is 5.10 Å². The second-order valence-corrected chi connectivity index (χ2v) is 5.21. The molecule has 0 N–H and O–H groups in total. The van der Waals surface area contributed by atoms with Crippen LogP contribution >= 0.6 is 0 Å². The Labute approximate surface area is 126 Å². The first-order valence-electron chi connectivity index (χ1n) is 7.01. The third-order valence-corrected chi connectivity index (χ3v) is 3.80. The van der Waals surface area contributed by atoms with E-state index in [9.17, 15) is 14.9 Å². The zero-order valence-corrected chi connectivity index (χ0v) is 12.0. The van der Waals surface area contributed by atoms with E-state index >= 15 is 0 Å². The zero-order chi connectivity index (χ0) is 15.7. The molecule has 2 aromatic rings. The normalized spacial score (nSPS) is 16.0. The van der Waals surface area contributed by atoms with Gasteiger partial charge in [0.1, 0.15) is 18.2 Å². The Morgan fingerprint density at radius 2 is 2.18 bits per heavy atom. The lowest BCUT2D eigenvalue weighted by Crippen LogP contribution is -2.24. The molecule has 8 nitrogen and oxygen atoms in total. The second kappa shape index (κ2) is 5.55. The number of amides is 1. The van der Waals surface area contributed by atoms with E-state index in [2.05, 4.69) is 10.1 Å². The SMILES string of the molecule is CC(c1ccc(N2CCCC2=O)nc1)n1cc([N+](=O)[O-])cn1. The molecule has 1 fully saturated rings. The van der Waals surface area contributed by atoms with Crippen molar-refractivity contribution in [2.24, 2.45) is 0 Å². The van der Waals surface area contributed by atoms with E-state index in [-0.39, 0.29) is 17.6 Å². The summed E-state index contributed by atoms with van der Waals surface area (Å²) in [5.41, 5.74) is 0.826. The van der Waals surface area contributed by atoms with Gasteiger partial charge in [0, 0.05) is 19.2 Å². The number of hydrogen-bond donors (Lipinski definition) is 0. The Morgan fingerprint density at radius 3 is 2.73 bits per heavy atom. The standard InChI is InChI=1S/C14H15N5O3/c1-10(18-9-12(8-16-18)19(21)22)11-4-5-13(15-7-11)17-6-2-3-14(17)20/h4-5,7-10H,2-3,6H2,1H3. The Kier molecular flexibility index (Phi) is 3.58. The summed E-state index contributed by atoms with van der Waals surface area (Å²) >= 11 is 0. The van der Waals surface area contributed by atoms with Gasteiger partial charge in [-0.1, -0.05) is 6.07 Å². The summed E-state index contributed by atoms with van der Waals surface area (Å²) in [5.74, 6) is 0.737. The molecular formula is C14H15N5O3. The third kappa shape index (κ3) is 2.54. The van der Waals surface area contributed by atoms with E-state index in [0.717, 1.165) is 12.0 Å². The molecule has 1 unspecified atom stereocenters. The molecule has 3 rings (SSSR count). The molecule has 22 heavy (non-hydrogen) atoms. The highest BCUT2D eigenvalue weighted by Gasteiger charge is 2.23. The Balaban J connectivity index is 1.79. The highest BCUT2D eigenvalue weighted by molar-refractivity contribution is 5.94. The van der Waals surface area contributed by atoms with Crippen LogP contribution in [0.3, 0.4) is 0 Å². The van der Waals surface area contributed by atoms with E-state index in [4.69, 9.17) is 0 Å². The van der Waals surface area contributed by atoms with Crippen molar-refractivity contribution in [1.82, 2.24) is 14.8 Å². The van der Waals surface area contributed by atoms with Gasteiger partial charge in [0.25, 0.3) is 0 Å². The highest BCUT2D eigenvalue weighted by atomic mass is 16.6. The van der Waals surface area contributed by atoms with Crippen molar-refractivity contribution in [3.8, 4) is 0 Å². The van der Waals surface area contributed by atoms with Gasteiger partial charge in [0.15, 0.2) is 0 Å². The Hall–Kier alpha value is -2.77. The summed E-state index contributed by atoms with van der Waals surface area (Å²) in [6.45, 7) is 2.58. The van der Waals surface area contributed by atoms with Gasteiger partial charge in [-0.3, -0.25) is 24.5 Å². The fourth-order valence-electron chi connectivity index (χ4n) is 2.48. The summed E-state index contributed by atoms with van der Waals surface area (Å²) < 4.78 is 1.52. The smallest absolute Gasteiger partial charge is 0.297 e. The predicted molar refractivity (Wildman–Crippen MR) is 78.5 cm³/mol. The first kappa shape index (κ1) is 14.2. The minimum absolute atomic E-state index is 0.0425. The number of pyridine rings is 1. The van der Waals surface area contributed by atoms with Gasteiger partial charge >= 0.3 is 5.69 Å². The van der Waals surface area contributed by atoms with Gasteiger partial charge in [-0.25, -0.2) is 4.98 Å². The fraction of sp³-hybridized carbons (Fsp3) is 0.357. The molecule has 0 aromatic carbocycles. The van der Waals surface area contributed by atoms with Crippen molar-refractivity contribution in [2.45, 2.75) is 25.8 Å². The lowest BCUT2D eigenvalue weighted by Gasteiger charge is -2.16. The second-order valence-electron chi connectivity index (χ2n) is 5.21. The molecule has 0 saturated carbocycles. The summed E-state index contributed by atoms with van der Waals surface area (Å²) in [7, 11) is 0. The number of carbonyl (C=O) groups is 1. The van der Waals surface area contributed by atoms with Crippen molar-refractivity contribution >= 4 is 17.4 Å². The van der Waals surface area contributed by atoms with Crippen LogP contribution in [0, 0.1) is 10.1 Å². The van der Waals surface area contributed by atoms with E-state index in [1.54, 1.807) is 17.2 Å². The molecule has 1 aliphatic heterocycles. The van der Waals surface area contributed by atoms with Crippen LogP contribution in [0.4, 0.5) is 11.5 Å². The van der Waals surface area contributed by atoms with Crippen LogP contribution in [0.15, 0.2) is 30.7 Å². The lowest BCUT2D eigenvalue weighted by atomic mass is 10.1. The number of carbonyl (C=O) groups excluding carboxylic acids is 1. The van der Waals surface area contributed by atoms with Crippen LogP contribution in [0.2, 0.25) is 0 Å². The van der Waals surface area contributed by atoms with Gasteiger partial charge in [-0.05, 0) is 25.0 Å². The maximum atomic E-state index is 11.7. The van der Waals surface area contributed by atoms with Gasteiger partial charge in [0.05, 0.1) is 11.0 Å². The maximum absolute atomic E-state index is 11.7. The molecule has 8 heteroatoms. The molecule has 114 valence electrons. The number of aromatic nitrogens is 3. The van der Waals surface area contributed by atoms with E-state index in [1.807, 2.05) is 13.0 Å². The average molecular weight is 301 g/mol. The molecule has 0 bridgehead atoms.